The van der Waals surface area contributed by atoms with E-state index in [-0.39, 0.29) is 5.82 Å². The highest BCUT2D eigenvalue weighted by molar-refractivity contribution is 14.1. The molecule has 106 valence electrons. The summed E-state index contributed by atoms with van der Waals surface area (Å²) >= 11 is 2.19. The van der Waals surface area contributed by atoms with Crippen molar-refractivity contribution < 1.29 is 8.91 Å². The number of aromatic nitrogens is 2. The topological polar surface area (TPSA) is 64.9 Å². The van der Waals surface area contributed by atoms with Crippen LogP contribution in [0.2, 0.25) is 0 Å². The van der Waals surface area contributed by atoms with Gasteiger partial charge in [-0.2, -0.15) is 4.98 Å². The van der Waals surface area contributed by atoms with Crippen molar-refractivity contribution in [3.63, 3.8) is 0 Å². The van der Waals surface area contributed by atoms with E-state index in [0.717, 1.165) is 9.13 Å². The summed E-state index contributed by atoms with van der Waals surface area (Å²) in [5.74, 6) is 0.587. The van der Waals surface area contributed by atoms with E-state index in [2.05, 4.69) is 32.7 Å². The zero-order valence-electron chi connectivity index (χ0n) is 10.9. The molecule has 0 amide bonds. The Kier molecular flexibility index (Phi) is 3.87. The van der Waals surface area contributed by atoms with E-state index in [1.54, 1.807) is 12.1 Å². The number of nitrogen functional groups attached to an aromatic ring is 1. The molecule has 0 atom stereocenters. The Balaban J connectivity index is 1.88. The van der Waals surface area contributed by atoms with Crippen LogP contribution in [0.15, 0.2) is 47.0 Å². The standard InChI is InChI=1S/C15H11FIN3O/c16-10-3-1-2-9(6-10)7-14-19-15(21-20-14)12-8-11(17)4-5-13(12)18/h1-6,8H,7,18H2. The normalized spacial score (nSPS) is 10.8. The predicted octanol–water partition coefficient (Wildman–Crippen LogP) is 3.65. The molecular formula is C15H11FIN3O. The third-order valence-electron chi connectivity index (χ3n) is 2.97. The Morgan fingerprint density at radius 2 is 2.05 bits per heavy atom. The molecule has 0 radical (unpaired) electrons. The average Bonchev–Trinajstić information content (AvgIpc) is 2.90. The lowest BCUT2D eigenvalue weighted by Crippen LogP contribution is -1.93. The van der Waals surface area contributed by atoms with Gasteiger partial charge in [0.05, 0.1) is 5.56 Å². The zero-order valence-corrected chi connectivity index (χ0v) is 13.0. The van der Waals surface area contributed by atoms with E-state index in [1.807, 2.05) is 18.2 Å². The molecule has 0 saturated carbocycles. The van der Waals surface area contributed by atoms with Crippen molar-refractivity contribution in [3.8, 4) is 11.5 Å². The molecule has 0 fully saturated rings. The van der Waals surface area contributed by atoms with E-state index >= 15 is 0 Å². The van der Waals surface area contributed by atoms with Gasteiger partial charge in [0.25, 0.3) is 5.89 Å². The third kappa shape index (κ3) is 3.21. The summed E-state index contributed by atoms with van der Waals surface area (Å²) in [4.78, 5) is 4.32. The second-order valence-electron chi connectivity index (χ2n) is 4.55. The third-order valence-corrected chi connectivity index (χ3v) is 3.64. The van der Waals surface area contributed by atoms with Crippen molar-refractivity contribution in [1.82, 2.24) is 10.1 Å². The molecule has 2 aromatic carbocycles. The largest absolute Gasteiger partial charge is 0.398 e. The molecule has 1 heterocycles. The van der Waals surface area contributed by atoms with Gasteiger partial charge in [-0.1, -0.05) is 17.3 Å². The Labute approximate surface area is 134 Å². The van der Waals surface area contributed by atoms with E-state index in [1.165, 1.54) is 12.1 Å². The van der Waals surface area contributed by atoms with Crippen LogP contribution >= 0.6 is 22.6 Å². The van der Waals surface area contributed by atoms with Gasteiger partial charge in [-0.15, -0.1) is 0 Å². The predicted molar refractivity (Wildman–Crippen MR) is 86.1 cm³/mol. The summed E-state index contributed by atoms with van der Waals surface area (Å²) in [5.41, 5.74) is 8.00. The van der Waals surface area contributed by atoms with E-state index in [9.17, 15) is 4.39 Å². The lowest BCUT2D eigenvalue weighted by molar-refractivity contribution is 0.424. The van der Waals surface area contributed by atoms with Gasteiger partial charge < -0.3 is 10.3 Å². The van der Waals surface area contributed by atoms with Gasteiger partial charge in [-0.3, -0.25) is 0 Å². The minimum Gasteiger partial charge on any atom is -0.398 e. The second-order valence-corrected chi connectivity index (χ2v) is 5.80. The van der Waals surface area contributed by atoms with E-state index < -0.39 is 0 Å². The Bertz CT molecular complexity index is 788. The first-order valence-electron chi connectivity index (χ1n) is 6.24. The molecule has 3 rings (SSSR count). The first-order chi connectivity index (χ1) is 10.1. The molecule has 0 aliphatic rings. The molecule has 1 aromatic heterocycles. The quantitative estimate of drug-likeness (QED) is 0.543. The molecule has 0 saturated heterocycles. The number of hydrogen-bond acceptors (Lipinski definition) is 4. The van der Waals surface area contributed by atoms with Crippen LogP contribution in [0, 0.1) is 9.39 Å². The maximum Gasteiger partial charge on any atom is 0.260 e. The number of benzene rings is 2. The number of halogens is 2. The van der Waals surface area contributed by atoms with Crippen LogP contribution in [0.25, 0.3) is 11.5 Å². The summed E-state index contributed by atoms with van der Waals surface area (Å²) in [7, 11) is 0. The van der Waals surface area contributed by atoms with Crippen molar-refractivity contribution in [2.24, 2.45) is 0 Å². The van der Waals surface area contributed by atoms with Gasteiger partial charge >= 0.3 is 0 Å². The number of nitrogens with zero attached hydrogens (tertiary/aromatic N) is 2. The van der Waals surface area contributed by atoms with Gasteiger partial charge in [0.15, 0.2) is 5.82 Å². The highest BCUT2D eigenvalue weighted by Gasteiger charge is 2.12. The maximum absolute atomic E-state index is 13.2. The van der Waals surface area contributed by atoms with Gasteiger partial charge in [-0.25, -0.2) is 4.39 Å². The zero-order chi connectivity index (χ0) is 14.8. The fraction of sp³-hybridized carbons (Fsp3) is 0.0667. The maximum atomic E-state index is 13.2. The Morgan fingerprint density at radius 3 is 2.86 bits per heavy atom. The van der Waals surface area contributed by atoms with Crippen molar-refractivity contribution in [1.29, 1.82) is 0 Å². The summed E-state index contributed by atoms with van der Waals surface area (Å²) in [6.45, 7) is 0. The van der Waals surface area contributed by atoms with Crippen molar-refractivity contribution >= 4 is 28.3 Å². The van der Waals surface area contributed by atoms with Crippen molar-refractivity contribution in [2.75, 3.05) is 5.73 Å². The molecule has 0 spiro atoms. The molecule has 3 aromatic rings. The summed E-state index contributed by atoms with van der Waals surface area (Å²) < 4.78 is 19.4. The van der Waals surface area contributed by atoms with Crippen LogP contribution in [-0.2, 0) is 6.42 Å². The second kappa shape index (κ2) is 5.80. The van der Waals surface area contributed by atoms with Crippen LogP contribution in [0.3, 0.4) is 0 Å². The van der Waals surface area contributed by atoms with Crippen LogP contribution in [0.4, 0.5) is 10.1 Å². The minimum atomic E-state index is -0.280. The van der Waals surface area contributed by atoms with Gasteiger partial charge in [0.2, 0.25) is 0 Å². The van der Waals surface area contributed by atoms with Crippen LogP contribution in [-0.4, -0.2) is 10.1 Å². The van der Waals surface area contributed by atoms with Crippen molar-refractivity contribution in [3.05, 3.63) is 63.2 Å². The van der Waals surface area contributed by atoms with Crippen LogP contribution < -0.4 is 5.73 Å². The number of anilines is 1. The van der Waals surface area contributed by atoms with Crippen LogP contribution in [0.1, 0.15) is 11.4 Å². The highest BCUT2D eigenvalue weighted by Crippen LogP contribution is 2.26. The molecule has 21 heavy (non-hydrogen) atoms. The molecule has 2 N–H and O–H groups in total. The Morgan fingerprint density at radius 1 is 1.19 bits per heavy atom. The van der Waals surface area contributed by atoms with Gasteiger partial charge in [0, 0.05) is 15.7 Å². The molecule has 6 heteroatoms. The van der Waals surface area contributed by atoms with Gasteiger partial charge in [-0.05, 0) is 58.5 Å². The fourth-order valence-electron chi connectivity index (χ4n) is 1.98. The van der Waals surface area contributed by atoms with E-state index in [4.69, 9.17) is 10.3 Å². The van der Waals surface area contributed by atoms with Gasteiger partial charge in [0.1, 0.15) is 5.82 Å². The Hall–Kier alpha value is -1.96. The smallest absolute Gasteiger partial charge is 0.260 e. The lowest BCUT2D eigenvalue weighted by Gasteiger charge is -2.00. The SMILES string of the molecule is Nc1ccc(I)cc1-c1nc(Cc2cccc(F)c2)no1. The number of hydrogen-bond donors (Lipinski definition) is 1. The summed E-state index contributed by atoms with van der Waals surface area (Å²) in [5, 5.41) is 3.92. The number of rotatable bonds is 3. The first kappa shape index (κ1) is 14.0. The molecule has 0 bridgehead atoms. The highest BCUT2D eigenvalue weighted by atomic mass is 127. The molecule has 0 unspecified atom stereocenters. The molecule has 0 aliphatic carbocycles. The molecule has 0 aliphatic heterocycles. The van der Waals surface area contributed by atoms with Crippen LogP contribution in [0.5, 0.6) is 0 Å². The summed E-state index contributed by atoms with van der Waals surface area (Å²) in [6, 6.07) is 11.9. The van der Waals surface area contributed by atoms with E-state index in [0.29, 0.717) is 29.4 Å². The number of nitrogens with two attached hydrogens (primary N) is 1. The average molecular weight is 395 g/mol. The first-order valence-corrected chi connectivity index (χ1v) is 7.32. The summed E-state index contributed by atoms with van der Waals surface area (Å²) in [6.07, 6.45) is 0.408. The lowest BCUT2D eigenvalue weighted by atomic mass is 10.1. The monoisotopic (exact) mass is 395 g/mol. The minimum absolute atomic E-state index is 0.280. The fourth-order valence-corrected chi connectivity index (χ4v) is 2.47. The molecule has 4 nitrogen and oxygen atoms in total. The van der Waals surface area contributed by atoms with Crippen molar-refractivity contribution in [2.45, 2.75) is 6.42 Å². The molecular weight excluding hydrogens is 384 g/mol.